The van der Waals surface area contributed by atoms with E-state index in [0.717, 1.165) is 29.0 Å². The summed E-state index contributed by atoms with van der Waals surface area (Å²) in [5, 5.41) is 21.3. The van der Waals surface area contributed by atoms with E-state index in [4.69, 9.17) is 9.47 Å². The molecule has 2 atom stereocenters. The summed E-state index contributed by atoms with van der Waals surface area (Å²) >= 11 is 0. The topological polar surface area (TPSA) is 92.9 Å². The number of halogens is 1. The minimum atomic E-state index is -1.07. The number of fused-ring (bicyclic) bond motifs is 1. The van der Waals surface area contributed by atoms with Gasteiger partial charge in [0.15, 0.2) is 5.96 Å². The fourth-order valence-corrected chi connectivity index (χ4v) is 3.36. The lowest BCUT2D eigenvalue weighted by Crippen LogP contribution is -2.44. The molecule has 9 heteroatoms. The third kappa shape index (κ3) is 5.78. The van der Waals surface area contributed by atoms with Crippen LogP contribution in [-0.2, 0) is 25.6 Å². The Morgan fingerprint density at radius 2 is 2.20 bits per heavy atom. The predicted molar refractivity (Wildman–Crippen MR) is 128 cm³/mol. The quantitative estimate of drug-likeness (QED) is 0.290. The maximum Gasteiger partial charge on any atom is 0.191 e. The van der Waals surface area contributed by atoms with Gasteiger partial charge in [0, 0.05) is 42.9 Å². The first-order valence-electron chi connectivity index (χ1n) is 9.92. The molecule has 2 heterocycles. The summed E-state index contributed by atoms with van der Waals surface area (Å²) in [6, 6.07) is 4.05. The average molecular weight is 529 g/mol. The molecule has 3 N–H and O–H groups in total. The molecule has 0 amide bonds. The number of benzene rings is 1. The highest BCUT2D eigenvalue weighted by Gasteiger charge is 2.25. The van der Waals surface area contributed by atoms with E-state index in [1.54, 1.807) is 24.9 Å². The van der Waals surface area contributed by atoms with E-state index < -0.39 is 5.60 Å². The summed E-state index contributed by atoms with van der Waals surface area (Å²) in [6.07, 6.45) is 4.55. The van der Waals surface area contributed by atoms with E-state index in [2.05, 4.69) is 27.6 Å². The minimum Gasteiger partial charge on any atom is -0.496 e. The van der Waals surface area contributed by atoms with Crippen molar-refractivity contribution >= 4 is 29.9 Å². The molecule has 1 aromatic heterocycles. The fourth-order valence-electron chi connectivity index (χ4n) is 3.36. The third-order valence-corrected chi connectivity index (χ3v) is 4.98. The number of aliphatic imine (C=N–C) groups is 1. The van der Waals surface area contributed by atoms with Gasteiger partial charge in [-0.1, -0.05) is 0 Å². The van der Waals surface area contributed by atoms with Crippen LogP contribution in [-0.4, -0.2) is 47.1 Å². The summed E-state index contributed by atoms with van der Waals surface area (Å²) in [6.45, 7) is 7.25. The molecule has 0 fully saturated rings. The van der Waals surface area contributed by atoms with E-state index >= 15 is 0 Å². The standard InChI is InChI=1S/C21H31N5O3.HI/c1-6-22-20(24-13-21(3,27)17-11-25-26(4)12-17)23-10-16-9-19-15(7-14(2)29-19)8-18(16)28-5;/h8-9,11-12,14,27H,6-7,10,13H2,1-5H3,(H2,22,23,24);1H. The van der Waals surface area contributed by atoms with E-state index in [9.17, 15) is 5.11 Å². The maximum atomic E-state index is 10.8. The normalized spacial score (nSPS) is 17.4. The van der Waals surface area contributed by atoms with Gasteiger partial charge in [-0.25, -0.2) is 4.99 Å². The summed E-state index contributed by atoms with van der Waals surface area (Å²) in [5.74, 6) is 2.33. The minimum absolute atomic E-state index is 0. The highest BCUT2D eigenvalue weighted by molar-refractivity contribution is 14.0. The Bertz CT molecular complexity index is 882. The van der Waals surface area contributed by atoms with E-state index in [1.165, 1.54) is 5.56 Å². The molecule has 0 aliphatic carbocycles. The SMILES string of the molecule is CCNC(=NCc1cc2c(cc1OC)CC(C)O2)NCC(C)(O)c1cnn(C)c1.I. The molecule has 0 radical (unpaired) electrons. The Labute approximate surface area is 195 Å². The molecule has 0 saturated carbocycles. The van der Waals surface area contributed by atoms with Crippen molar-refractivity contribution in [2.45, 2.75) is 45.4 Å². The number of nitrogens with zero attached hydrogens (tertiary/aromatic N) is 3. The van der Waals surface area contributed by atoms with Gasteiger partial charge in [-0.05, 0) is 32.9 Å². The third-order valence-electron chi connectivity index (χ3n) is 4.98. The molecule has 166 valence electrons. The molecule has 1 aromatic carbocycles. The lowest BCUT2D eigenvalue weighted by molar-refractivity contribution is 0.0616. The number of aromatic nitrogens is 2. The number of hydrogen-bond donors (Lipinski definition) is 3. The van der Waals surface area contributed by atoms with Crippen molar-refractivity contribution in [2.75, 3.05) is 20.2 Å². The number of rotatable bonds is 7. The zero-order valence-corrected chi connectivity index (χ0v) is 20.6. The smallest absolute Gasteiger partial charge is 0.191 e. The predicted octanol–water partition coefficient (Wildman–Crippen LogP) is 2.33. The van der Waals surface area contributed by atoms with Crippen molar-refractivity contribution < 1.29 is 14.6 Å². The Morgan fingerprint density at radius 1 is 1.43 bits per heavy atom. The molecule has 2 unspecified atom stereocenters. The highest BCUT2D eigenvalue weighted by atomic mass is 127. The number of nitrogens with one attached hydrogen (secondary N) is 2. The number of ether oxygens (including phenoxy) is 2. The summed E-state index contributed by atoms with van der Waals surface area (Å²) < 4.78 is 13.1. The number of methoxy groups -OCH3 is 1. The van der Waals surface area contributed by atoms with Crippen LogP contribution in [0.4, 0.5) is 0 Å². The molecule has 3 rings (SSSR count). The van der Waals surface area contributed by atoms with Crippen LogP contribution in [0.15, 0.2) is 29.5 Å². The molecule has 0 saturated heterocycles. The second kappa shape index (κ2) is 10.3. The monoisotopic (exact) mass is 529 g/mol. The van der Waals surface area contributed by atoms with Gasteiger partial charge in [0.05, 0.1) is 26.4 Å². The first kappa shape index (κ1) is 24.3. The molecule has 2 aromatic rings. The Morgan fingerprint density at radius 3 is 2.83 bits per heavy atom. The molecule has 1 aliphatic rings. The van der Waals surface area contributed by atoms with E-state index in [0.29, 0.717) is 25.6 Å². The van der Waals surface area contributed by atoms with E-state index in [-0.39, 0.29) is 30.1 Å². The second-order valence-electron chi connectivity index (χ2n) is 7.63. The molecule has 8 nitrogen and oxygen atoms in total. The van der Waals surface area contributed by atoms with Crippen molar-refractivity contribution in [1.82, 2.24) is 20.4 Å². The van der Waals surface area contributed by atoms with Gasteiger partial charge in [0.2, 0.25) is 0 Å². The first-order chi connectivity index (χ1) is 13.8. The van der Waals surface area contributed by atoms with Crippen LogP contribution in [0.2, 0.25) is 0 Å². The van der Waals surface area contributed by atoms with Crippen LogP contribution < -0.4 is 20.1 Å². The van der Waals surface area contributed by atoms with Gasteiger partial charge in [0.1, 0.15) is 23.2 Å². The summed E-state index contributed by atoms with van der Waals surface area (Å²) in [5.41, 5.74) is 1.80. The molecule has 0 spiro atoms. The van der Waals surface area contributed by atoms with Crippen molar-refractivity contribution in [1.29, 1.82) is 0 Å². The lowest BCUT2D eigenvalue weighted by atomic mass is 10.00. The zero-order valence-electron chi connectivity index (χ0n) is 18.2. The molecule has 30 heavy (non-hydrogen) atoms. The fraction of sp³-hybridized carbons (Fsp3) is 0.524. The Hall–Kier alpha value is -2.01. The van der Waals surface area contributed by atoms with Gasteiger partial charge in [-0.3, -0.25) is 4.68 Å². The Kier molecular flexibility index (Phi) is 8.36. The van der Waals surface area contributed by atoms with Crippen LogP contribution in [0.25, 0.3) is 0 Å². The number of guanidine groups is 1. The van der Waals surface area contributed by atoms with Gasteiger partial charge in [-0.15, -0.1) is 24.0 Å². The van der Waals surface area contributed by atoms with Crippen LogP contribution in [0.1, 0.15) is 37.5 Å². The van der Waals surface area contributed by atoms with Crippen molar-refractivity contribution in [3.8, 4) is 11.5 Å². The van der Waals surface area contributed by atoms with Crippen molar-refractivity contribution in [3.63, 3.8) is 0 Å². The van der Waals surface area contributed by atoms with Crippen molar-refractivity contribution in [3.05, 3.63) is 41.2 Å². The molecule has 1 aliphatic heterocycles. The van der Waals surface area contributed by atoms with Crippen LogP contribution in [0.5, 0.6) is 11.5 Å². The lowest BCUT2D eigenvalue weighted by Gasteiger charge is -2.23. The number of hydrogen-bond acceptors (Lipinski definition) is 5. The number of aryl methyl sites for hydroxylation is 1. The van der Waals surface area contributed by atoms with Crippen LogP contribution in [0, 0.1) is 0 Å². The van der Waals surface area contributed by atoms with Crippen LogP contribution >= 0.6 is 24.0 Å². The van der Waals surface area contributed by atoms with Gasteiger partial charge >= 0.3 is 0 Å². The summed E-state index contributed by atoms with van der Waals surface area (Å²) in [4.78, 5) is 4.67. The van der Waals surface area contributed by atoms with Gasteiger partial charge in [-0.2, -0.15) is 5.10 Å². The average Bonchev–Trinajstić information content (AvgIpc) is 3.27. The first-order valence-corrected chi connectivity index (χ1v) is 9.92. The second-order valence-corrected chi connectivity index (χ2v) is 7.63. The summed E-state index contributed by atoms with van der Waals surface area (Å²) in [7, 11) is 3.50. The molecular formula is C21H32IN5O3. The Balaban J connectivity index is 0.00000320. The number of aliphatic hydroxyl groups is 1. The molecule has 0 bridgehead atoms. The maximum absolute atomic E-state index is 10.8. The van der Waals surface area contributed by atoms with Gasteiger partial charge < -0.3 is 25.2 Å². The van der Waals surface area contributed by atoms with Gasteiger partial charge in [0.25, 0.3) is 0 Å². The zero-order chi connectivity index (χ0) is 21.0. The molecular weight excluding hydrogens is 497 g/mol. The van der Waals surface area contributed by atoms with Crippen LogP contribution in [0.3, 0.4) is 0 Å². The van der Waals surface area contributed by atoms with Crippen molar-refractivity contribution in [2.24, 2.45) is 12.0 Å². The van der Waals surface area contributed by atoms with E-state index in [1.807, 2.05) is 32.3 Å². The highest BCUT2D eigenvalue weighted by Crippen LogP contribution is 2.35. The largest absolute Gasteiger partial charge is 0.496 e.